The van der Waals surface area contributed by atoms with E-state index in [1.54, 1.807) is 6.07 Å². The van der Waals surface area contributed by atoms with E-state index in [4.69, 9.17) is 0 Å². The van der Waals surface area contributed by atoms with E-state index in [0.29, 0.717) is 12.1 Å². The highest BCUT2D eigenvalue weighted by Crippen LogP contribution is 2.25. The monoisotopic (exact) mass is 326 g/mol. The summed E-state index contributed by atoms with van der Waals surface area (Å²) in [6.07, 6.45) is 0. The van der Waals surface area contributed by atoms with Gasteiger partial charge in [-0.15, -0.1) is 0 Å². The van der Waals surface area contributed by atoms with Crippen LogP contribution in [-0.2, 0) is 0 Å². The summed E-state index contributed by atoms with van der Waals surface area (Å²) >= 11 is 0. The molecule has 2 N–H and O–H groups in total. The van der Waals surface area contributed by atoms with Gasteiger partial charge in [0.05, 0.1) is 6.54 Å². The number of piperazine rings is 1. The fourth-order valence-electron chi connectivity index (χ4n) is 2.98. The molecule has 5 heteroatoms. The number of nitrogens with zero attached hydrogens (tertiary/aromatic N) is 2. The van der Waals surface area contributed by atoms with Crippen LogP contribution in [0.15, 0.2) is 42.5 Å². The number of benzene rings is 2. The van der Waals surface area contributed by atoms with Crippen LogP contribution in [0.2, 0.25) is 0 Å². The Morgan fingerprint density at radius 1 is 1.00 bits per heavy atom. The average molecular weight is 326 g/mol. The first kappa shape index (κ1) is 16.3. The van der Waals surface area contributed by atoms with Gasteiger partial charge in [-0.2, -0.15) is 0 Å². The number of hydrogen-bond acceptors (Lipinski definition) is 5. The van der Waals surface area contributed by atoms with E-state index in [1.165, 1.54) is 23.4 Å². The molecule has 1 saturated heterocycles. The second kappa shape index (κ2) is 6.93. The Bertz CT molecular complexity index is 737. The molecule has 0 unspecified atom stereocenters. The van der Waals surface area contributed by atoms with Gasteiger partial charge in [0.2, 0.25) is 0 Å². The maximum Gasteiger partial charge on any atom is 0.176 e. The molecule has 0 radical (unpaired) electrons. The van der Waals surface area contributed by atoms with Crippen molar-refractivity contribution in [2.45, 2.75) is 6.92 Å². The Labute approximate surface area is 141 Å². The molecule has 0 aliphatic carbocycles. The van der Waals surface area contributed by atoms with Gasteiger partial charge in [-0.1, -0.05) is 12.1 Å². The quantitative estimate of drug-likeness (QED) is 0.667. The zero-order valence-corrected chi connectivity index (χ0v) is 13.8. The van der Waals surface area contributed by atoms with Crippen molar-refractivity contribution in [1.82, 2.24) is 4.90 Å². The van der Waals surface area contributed by atoms with Crippen LogP contribution in [0.5, 0.6) is 11.5 Å². The SMILES string of the molecule is Cc1cccc(N2CCN(CC(=O)c3ccc(O)c(O)c3)CC2)c1. The van der Waals surface area contributed by atoms with Crippen molar-refractivity contribution in [3.8, 4) is 11.5 Å². The number of Topliss-reactive ketones (excluding diaryl/α,β-unsaturated/α-hetero) is 1. The van der Waals surface area contributed by atoms with Gasteiger partial charge >= 0.3 is 0 Å². The van der Waals surface area contributed by atoms with Crippen molar-refractivity contribution in [1.29, 1.82) is 0 Å². The normalized spacial score (nSPS) is 15.5. The van der Waals surface area contributed by atoms with Crippen LogP contribution >= 0.6 is 0 Å². The number of hydrogen-bond donors (Lipinski definition) is 2. The molecule has 0 spiro atoms. The van der Waals surface area contributed by atoms with E-state index in [1.807, 2.05) is 0 Å². The predicted molar refractivity (Wildman–Crippen MR) is 93.9 cm³/mol. The third kappa shape index (κ3) is 3.68. The summed E-state index contributed by atoms with van der Waals surface area (Å²) in [5.41, 5.74) is 2.90. The van der Waals surface area contributed by atoms with Crippen LogP contribution in [0.3, 0.4) is 0 Å². The lowest BCUT2D eigenvalue weighted by Gasteiger charge is -2.35. The first-order valence-electron chi connectivity index (χ1n) is 8.12. The molecule has 1 heterocycles. The Kier molecular flexibility index (Phi) is 4.71. The molecule has 0 amide bonds. The molecule has 2 aromatic carbocycles. The van der Waals surface area contributed by atoms with Crippen molar-refractivity contribution >= 4 is 11.5 Å². The third-order valence-electron chi connectivity index (χ3n) is 4.40. The predicted octanol–water partition coefficient (Wildman–Crippen LogP) is 2.41. The zero-order valence-electron chi connectivity index (χ0n) is 13.8. The van der Waals surface area contributed by atoms with E-state index in [0.717, 1.165) is 26.2 Å². The minimum Gasteiger partial charge on any atom is -0.504 e. The summed E-state index contributed by atoms with van der Waals surface area (Å²) in [4.78, 5) is 16.8. The van der Waals surface area contributed by atoms with Crippen LogP contribution in [0.4, 0.5) is 5.69 Å². The Hall–Kier alpha value is -2.53. The van der Waals surface area contributed by atoms with Crippen LogP contribution in [0.25, 0.3) is 0 Å². The summed E-state index contributed by atoms with van der Waals surface area (Å²) in [5, 5.41) is 18.8. The maximum atomic E-state index is 12.3. The second-order valence-electron chi connectivity index (χ2n) is 6.23. The first-order chi connectivity index (χ1) is 11.5. The van der Waals surface area contributed by atoms with Crippen LogP contribution in [0, 0.1) is 6.92 Å². The Morgan fingerprint density at radius 3 is 2.42 bits per heavy atom. The summed E-state index contributed by atoms with van der Waals surface area (Å²) in [6.45, 7) is 5.83. The molecule has 0 bridgehead atoms. The van der Waals surface area contributed by atoms with Crippen LogP contribution < -0.4 is 4.90 Å². The average Bonchev–Trinajstić information content (AvgIpc) is 2.58. The van der Waals surface area contributed by atoms with Gasteiger partial charge in [0.15, 0.2) is 17.3 Å². The smallest absolute Gasteiger partial charge is 0.176 e. The van der Waals surface area contributed by atoms with E-state index in [2.05, 4.69) is 41.0 Å². The van der Waals surface area contributed by atoms with Crippen molar-refractivity contribution in [2.75, 3.05) is 37.6 Å². The number of phenols is 2. The summed E-state index contributed by atoms with van der Waals surface area (Å²) in [7, 11) is 0. The molecule has 1 aliphatic rings. The molecule has 1 fully saturated rings. The minimum atomic E-state index is -0.259. The van der Waals surface area contributed by atoms with Crippen LogP contribution in [0.1, 0.15) is 15.9 Å². The zero-order chi connectivity index (χ0) is 17.1. The van der Waals surface area contributed by atoms with Gasteiger partial charge in [-0.05, 0) is 42.8 Å². The number of anilines is 1. The van der Waals surface area contributed by atoms with E-state index >= 15 is 0 Å². The minimum absolute atomic E-state index is 0.0469. The number of aryl methyl sites for hydroxylation is 1. The molecule has 1 aliphatic heterocycles. The molecule has 5 nitrogen and oxygen atoms in total. The highest BCUT2D eigenvalue weighted by atomic mass is 16.3. The topological polar surface area (TPSA) is 64.0 Å². The number of carbonyl (C=O) groups is 1. The fraction of sp³-hybridized carbons (Fsp3) is 0.316. The second-order valence-corrected chi connectivity index (χ2v) is 6.23. The lowest BCUT2D eigenvalue weighted by molar-refractivity contribution is 0.0926. The number of rotatable bonds is 4. The lowest BCUT2D eigenvalue weighted by atomic mass is 10.1. The van der Waals surface area contributed by atoms with Crippen LogP contribution in [-0.4, -0.2) is 53.6 Å². The van der Waals surface area contributed by atoms with E-state index < -0.39 is 0 Å². The van der Waals surface area contributed by atoms with Gasteiger partial charge in [0.25, 0.3) is 0 Å². The summed E-state index contributed by atoms with van der Waals surface area (Å²) in [5.74, 6) is -0.516. The molecule has 0 saturated carbocycles. The molecular weight excluding hydrogens is 304 g/mol. The van der Waals surface area contributed by atoms with Gasteiger partial charge in [-0.25, -0.2) is 0 Å². The largest absolute Gasteiger partial charge is 0.504 e. The van der Waals surface area contributed by atoms with E-state index in [9.17, 15) is 15.0 Å². The molecule has 24 heavy (non-hydrogen) atoms. The Balaban J connectivity index is 1.57. The molecule has 2 aromatic rings. The van der Waals surface area contributed by atoms with Gasteiger partial charge in [0, 0.05) is 37.4 Å². The molecule has 0 atom stereocenters. The summed E-state index contributed by atoms with van der Waals surface area (Å²) in [6, 6.07) is 12.7. The molecular formula is C19H22N2O3. The van der Waals surface area contributed by atoms with Crippen molar-refractivity contribution in [2.24, 2.45) is 0 Å². The maximum absolute atomic E-state index is 12.3. The number of phenolic OH excluding ortho intramolecular Hbond substituents is 2. The number of ketones is 1. The lowest BCUT2D eigenvalue weighted by Crippen LogP contribution is -2.48. The summed E-state index contributed by atoms with van der Waals surface area (Å²) < 4.78 is 0. The highest BCUT2D eigenvalue weighted by Gasteiger charge is 2.20. The third-order valence-corrected chi connectivity index (χ3v) is 4.40. The van der Waals surface area contributed by atoms with Crippen molar-refractivity contribution in [3.63, 3.8) is 0 Å². The van der Waals surface area contributed by atoms with Crippen molar-refractivity contribution in [3.05, 3.63) is 53.6 Å². The van der Waals surface area contributed by atoms with Gasteiger partial charge < -0.3 is 15.1 Å². The molecule has 0 aromatic heterocycles. The van der Waals surface area contributed by atoms with Gasteiger partial charge in [0.1, 0.15) is 0 Å². The Morgan fingerprint density at radius 2 is 1.75 bits per heavy atom. The number of carbonyl (C=O) groups excluding carboxylic acids is 1. The molecule has 3 rings (SSSR count). The highest BCUT2D eigenvalue weighted by molar-refractivity contribution is 5.98. The van der Waals surface area contributed by atoms with E-state index in [-0.39, 0.29) is 17.3 Å². The number of aromatic hydroxyl groups is 2. The van der Waals surface area contributed by atoms with Crippen molar-refractivity contribution < 1.29 is 15.0 Å². The standard InChI is InChI=1S/C19H22N2O3/c1-14-3-2-4-16(11-14)21-9-7-20(8-10-21)13-19(24)15-5-6-17(22)18(23)12-15/h2-6,11-12,22-23H,7-10,13H2,1H3. The first-order valence-corrected chi connectivity index (χ1v) is 8.12. The fourth-order valence-corrected chi connectivity index (χ4v) is 2.98. The molecule has 126 valence electrons. The van der Waals surface area contributed by atoms with Gasteiger partial charge in [-0.3, -0.25) is 9.69 Å².